The molecule has 0 saturated carbocycles. The van der Waals surface area contributed by atoms with E-state index in [1.165, 1.54) is 6.33 Å². The predicted molar refractivity (Wildman–Crippen MR) is 74.5 cm³/mol. The highest BCUT2D eigenvalue weighted by atomic mass is 16.4. The molecule has 3 rings (SSSR count). The van der Waals surface area contributed by atoms with E-state index in [1.807, 2.05) is 20.9 Å². The molecule has 0 amide bonds. The topological polar surface area (TPSA) is 81.7 Å². The highest BCUT2D eigenvalue weighted by molar-refractivity contribution is 5.85. The molecule has 7 heteroatoms. The number of aryl methyl sites for hydroxylation is 3. The van der Waals surface area contributed by atoms with E-state index < -0.39 is 0 Å². The third kappa shape index (κ3) is 2.22. The molecule has 7 nitrogen and oxygen atoms in total. The Morgan fingerprint density at radius 1 is 1.30 bits per heavy atom. The molecular weight excluding hydrogens is 256 g/mol. The number of rotatable bonds is 4. The zero-order chi connectivity index (χ0) is 14.1. The number of nitrogens with zero attached hydrogens (tertiary/aromatic N) is 5. The molecule has 0 radical (unpaired) electrons. The highest BCUT2D eigenvalue weighted by Gasteiger charge is 2.09. The molecule has 3 heterocycles. The van der Waals surface area contributed by atoms with Gasteiger partial charge in [0, 0.05) is 26.9 Å². The molecule has 0 atom stereocenters. The fourth-order valence-electron chi connectivity index (χ4n) is 2.21. The van der Waals surface area contributed by atoms with Crippen LogP contribution in [0.15, 0.2) is 16.9 Å². The summed E-state index contributed by atoms with van der Waals surface area (Å²) in [6.07, 6.45) is 4.09. The van der Waals surface area contributed by atoms with Gasteiger partial charge in [-0.2, -0.15) is 5.10 Å². The minimum Gasteiger partial charge on any atom is -0.446 e. The molecule has 0 aliphatic rings. The van der Waals surface area contributed by atoms with Crippen molar-refractivity contribution in [3.63, 3.8) is 0 Å². The molecule has 0 saturated heterocycles. The van der Waals surface area contributed by atoms with Crippen LogP contribution in [0.1, 0.15) is 17.3 Å². The molecule has 0 aliphatic heterocycles. The summed E-state index contributed by atoms with van der Waals surface area (Å²) in [7, 11) is 1.86. The van der Waals surface area contributed by atoms with Gasteiger partial charge in [0.1, 0.15) is 17.9 Å². The standard InChI is InChI=1S/C13H16N6O/c1-8-11(18-9(2)20-8)4-5-14-12-10-6-17-19(3)13(10)16-7-15-12/h6-7H,4-5H2,1-3H3,(H,14,15,16). The van der Waals surface area contributed by atoms with Gasteiger partial charge in [-0.1, -0.05) is 0 Å². The Bertz CT molecular complexity index is 744. The third-order valence-electron chi connectivity index (χ3n) is 3.18. The fraction of sp³-hybridized carbons (Fsp3) is 0.385. The summed E-state index contributed by atoms with van der Waals surface area (Å²) in [5.41, 5.74) is 1.79. The van der Waals surface area contributed by atoms with Gasteiger partial charge in [-0.15, -0.1) is 0 Å². The summed E-state index contributed by atoms with van der Waals surface area (Å²) in [6, 6.07) is 0. The first kappa shape index (κ1) is 12.6. The normalized spacial score (nSPS) is 11.2. The molecule has 20 heavy (non-hydrogen) atoms. The highest BCUT2D eigenvalue weighted by Crippen LogP contribution is 2.18. The molecule has 0 aliphatic carbocycles. The molecule has 3 aromatic heterocycles. The smallest absolute Gasteiger partial charge is 0.191 e. The van der Waals surface area contributed by atoms with Crippen LogP contribution >= 0.6 is 0 Å². The maximum Gasteiger partial charge on any atom is 0.191 e. The van der Waals surface area contributed by atoms with E-state index in [0.29, 0.717) is 5.89 Å². The molecule has 0 unspecified atom stereocenters. The van der Waals surface area contributed by atoms with Crippen molar-refractivity contribution in [2.75, 3.05) is 11.9 Å². The van der Waals surface area contributed by atoms with Gasteiger partial charge in [-0.05, 0) is 6.92 Å². The lowest BCUT2D eigenvalue weighted by atomic mass is 10.2. The van der Waals surface area contributed by atoms with Crippen LogP contribution in [0.2, 0.25) is 0 Å². The molecule has 104 valence electrons. The largest absolute Gasteiger partial charge is 0.446 e. The lowest BCUT2D eigenvalue weighted by Crippen LogP contribution is -2.08. The van der Waals surface area contributed by atoms with Crippen molar-refractivity contribution >= 4 is 16.9 Å². The van der Waals surface area contributed by atoms with Crippen molar-refractivity contribution in [2.45, 2.75) is 20.3 Å². The number of nitrogens with one attached hydrogen (secondary N) is 1. The predicted octanol–water partition coefficient (Wildman–Crippen LogP) is 1.62. The van der Waals surface area contributed by atoms with Gasteiger partial charge in [0.2, 0.25) is 0 Å². The van der Waals surface area contributed by atoms with Crippen LogP contribution in [0.4, 0.5) is 5.82 Å². The first-order chi connectivity index (χ1) is 9.65. The SMILES string of the molecule is Cc1nc(CCNc2ncnc3c2cnn3C)c(C)o1. The van der Waals surface area contributed by atoms with Crippen LogP contribution in [0, 0.1) is 13.8 Å². The Morgan fingerprint density at radius 3 is 2.90 bits per heavy atom. The fourth-order valence-corrected chi connectivity index (χ4v) is 2.21. The number of fused-ring (bicyclic) bond motifs is 1. The van der Waals surface area contributed by atoms with E-state index in [2.05, 4.69) is 25.4 Å². The van der Waals surface area contributed by atoms with E-state index in [1.54, 1.807) is 10.9 Å². The minimum absolute atomic E-state index is 0.703. The van der Waals surface area contributed by atoms with Crippen molar-refractivity contribution < 1.29 is 4.42 Å². The van der Waals surface area contributed by atoms with Crippen LogP contribution in [0.5, 0.6) is 0 Å². The maximum absolute atomic E-state index is 5.41. The second-order valence-corrected chi connectivity index (χ2v) is 4.64. The second kappa shape index (κ2) is 4.92. The molecule has 0 spiro atoms. The molecule has 0 aromatic carbocycles. The van der Waals surface area contributed by atoms with Crippen molar-refractivity contribution in [3.8, 4) is 0 Å². The lowest BCUT2D eigenvalue weighted by molar-refractivity contribution is 0.493. The van der Waals surface area contributed by atoms with Crippen LogP contribution in [-0.4, -0.2) is 31.3 Å². The van der Waals surface area contributed by atoms with Gasteiger partial charge >= 0.3 is 0 Å². The molecule has 3 aromatic rings. The summed E-state index contributed by atoms with van der Waals surface area (Å²) in [5, 5.41) is 8.41. The summed E-state index contributed by atoms with van der Waals surface area (Å²) >= 11 is 0. The first-order valence-corrected chi connectivity index (χ1v) is 6.44. The van der Waals surface area contributed by atoms with E-state index in [-0.39, 0.29) is 0 Å². The van der Waals surface area contributed by atoms with Crippen LogP contribution in [0.25, 0.3) is 11.0 Å². The number of hydrogen-bond acceptors (Lipinski definition) is 6. The van der Waals surface area contributed by atoms with Gasteiger partial charge in [0.15, 0.2) is 11.5 Å². The Morgan fingerprint density at radius 2 is 2.15 bits per heavy atom. The third-order valence-corrected chi connectivity index (χ3v) is 3.18. The summed E-state index contributed by atoms with van der Waals surface area (Å²) in [6.45, 7) is 4.51. The molecule has 0 bridgehead atoms. The van der Waals surface area contributed by atoms with Crippen molar-refractivity contribution in [2.24, 2.45) is 7.05 Å². The Labute approximate surface area is 116 Å². The zero-order valence-electron chi connectivity index (χ0n) is 11.7. The summed E-state index contributed by atoms with van der Waals surface area (Å²) in [5.74, 6) is 2.37. The number of anilines is 1. The Kier molecular flexibility index (Phi) is 3.09. The average Bonchev–Trinajstić information content (AvgIpc) is 2.94. The van der Waals surface area contributed by atoms with Gasteiger partial charge in [0.05, 0.1) is 17.3 Å². The van der Waals surface area contributed by atoms with Gasteiger partial charge in [0.25, 0.3) is 0 Å². The van der Waals surface area contributed by atoms with E-state index >= 15 is 0 Å². The van der Waals surface area contributed by atoms with Crippen LogP contribution < -0.4 is 5.32 Å². The molecule has 0 fully saturated rings. The number of hydrogen-bond donors (Lipinski definition) is 1. The van der Waals surface area contributed by atoms with Gasteiger partial charge < -0.3 is 9.73 Å². The average molecular weight is 272 g/mol. The monoisotopic (exact) mass is 272 g/mol. The van der Waals surface area contributed by atoms with Gasteiger partial charge in [-0.3, -0.25) is 4.68 Å². The van der Waals surface area contributed by atoms with E-state index in [4.69, 9.17) is 4.42 Å². The zero-order valence-corrected chi connectivity index (χ0v) is 11.7. The van der Waals surface area contributed by atoms with Crippen LogP contribution in [-0.2, 0) is 13.5 Å². The second-order valence-electron chi connectivity index (χ2n) is 4.64. The summed E-state index contributed by atoms with van der Waals surface area (Å²) < 4.78 is 7.14. The van der Waals surface area contributed by atoms with Crippen LogP contribution in [0.3, 0.4) is 0 Å². The molecular formula is C13H16N6O. The Balaban J connectivity index is 1.73. The molecule has 1 N–H and O–H groups in total. The Hall–Kier alpha value is -2.44. The van der Waals surface area contributed by atoms with E-state index in [9.17, 15) is 0 Å². The minimum atomic E-state index is 0.703. The summed E-state index contributed by atoms with van der Waals surface area (Å²) in [4.78, 5) is 12.8. The van der Waals surface area contributed by atoms with Crippen molar-refractivity contribution in [1.82, 2.24) is 24.7 Å². The van der Waals surface area contributed by atoms with Crippen molar-refractivity contribution in [3.05, 3.63) is 29.9 Å². The maximum atomic E-state index is 5.41. The first-order valence-electron chi connectivity index (χ1n) is 6.44. The van der Waals surface area contributed by atoms with E-state index in [0.717, 1.165) is 41.3 Å². The number of oxazole rings is 1. The number of aromatic nitrogens is 5. The lowest BCUT2D eigenvalue weighted by Gasteiger charge is -2.05. The van der Waals surface area contributed by atoms with Gasteiger partial charge in [-0.25, -0.2) is 15.0 Å². The quantitative estimate of drug-likeness (QED) is 0.777. The van der Waals surface area contributed by atoms with Crippen molar-refractivity contribution in [1.29, 1.82) is 0 Å².